The number of nitrogens with zero attached hydrogens (tertiary/aromatic N) is 3. The van der Waals surface area contributed by atoms with E-state index in [1.807, 2.05) is 25.7 Å². The summed E-state index contributed by atoms with van der Waals surface area (Å²) in [5.41, 5.74) is 0.514. The van der Waals surface area contributed by atoms with E-state index in [0.29, 0.717) is 36.1 Å². The van der Waals surface area contributed by atoms with E-state index in [-0.39, 0.29) is 17.1 Å². The standard InChI is InChI=1S/C23H29F3N4OS/c1-15(2)13-27-21(31)18-9-7-17(8-10-18)14-32-22-28-19(23(24,25)26)12-20(29-22)30-11-5-4-6-16(30)3/h7-10,12,15-16H,4-6,11,13-14H2,1-3H3,(H,27,31). The second-order valence-corrected chi connectivity index (χ2v) is 9.46. The minimum Gasteiger partial charge on any atom is -0.354 e. The smallest absolute Gasteiger partial charge is 0.354 e. The average Bonchev–Trinajstić information content (AvgIpc) is 2.76. The normalized spacial score (nSPS) is 17.0. The summed E-state index contributed by atoms with van der Waals surface area (Å²) in [6.07, 6.45) is -1.58. The molecule has 2 aromatic rings. The van der Waals surface area contributed by atoms with Gasteiger partial charge < -0.3 is 10.2 Å². The van der Waals surface area contributed by atoms with Crippen molar-refractivity contribution in [2.24, 2.45) is 5.92 Å². The Morgan fingerprint density at radius 2 is 1.94 bits per heavy atom. The molecule has 1 aliphatic rings. The van der Waals surface area contributed by atoms with Gasteiger partial charge in [-0.1, -0.05) is 37.7 Å². The van der Waals surface area contributed by atoms with Crippen LogP contribution in [0.5, 0.6) is 0 Å². The molecule has 2 heterocycles. The second-order valence-electron chi connectivity index (χ2n) is 8.52. The molecule has 1 unspecified atom stereocenters. The number of amides is 1. The Balaban J connectivity index is 1.72. The molecule has 0 bridgehead atoms. The van der Waals surface area contributed by atoms with Crippen LogP contribution in [0.25, 0.3) is 0 Å². The number of anilines is 1. The molecule has 1 fully saturated rings. The topological polar surface area (TPSA) is 58.1 Å². The van der Waals surface area contributed by atoms with E-state index in [1.165, 1.54) is 0 Å². The van der Waals surface area contributed by atoms with Crippen LogP contribution in [-0.2, 0) is 11.9 Å². The first kappa shape index (κ1) is 24.4. The number of halogens is 3. The number of aromatic nitrogens is 2. The molecule has 9 heteroatoms. The highest BCUT2D eigenvalue weighted by atomic mass is 32.2. The Hall–Kier alpha value is -2.29. The van der Waals surface area contributed by atoms with Crippen LogP contribution in [0.4, 0.5) is 19.0 Å². The summed E-state index contributed by atoms with van der Waals surface area (Å²) in [5.74, 6) is 0.961. The average molecular weight is 467 g/mol. The molecule has 1 aromatic carbocycles. The van der Waals surface area contributed by atoms with Gasteiger partial charge in [0.2, 0.25) is 0 Å². The van der Waals surface area contributed by atoms with Crippen molar-refractivity contribution in [3.05, 3.63) is 47.2 Å². The molecular formula is C23H29F3N4OS. The Bertz CT molecular complexity index is 918. The van der Waals surface area contributed by atoms with E-state index >= 15 is 0 Å². The number of benzene rings is 1. The van der Waals surface area contributed by atoms with Crippen molar-refractivity contribution in [1.29, 1.82) is 0 Å². The van der Waals surface area contributed by atoms with Gasteiger partial charge in [0.1, 0.15) is 5.82 Å². The molecule has 3 rings (SSSR count). The van der Waals surface area contributed by atoms with Crippen molar-refractivity contribution in [2.45, 2.75) is 63.2 Å². The van der Waals surface area contributed by atoms with Gasteiger partial charge in [-0.2, -0.15) is 13.2 Å². The van der Waals surface area contributed by atoms with Crippen molar-refractivity contribution in [1.82, 2.24) is 15.3 Å². The van der Waals surface area contributed by atoms with Crippen LogP contribution in [0.2, 0.25) is 0 Å². The Kier molecular flexibility index (Phi) is 8.03. The second kappa shape index (κ2) is 10.6. The molecule has 32 heavy (non-hydrogen) atoms. The third-order valence-electron chi connectivity index (χ3n) is 5.33. The summed E-state index contributed by atoms with van der Waals surface area (Å²) in [4.78, 5) is 22.3. The highest BCUT2D eigenvalue weighted by Crippen LogP contribution is 2.33. The maximum absolute atomic E-state index is 13.5. The van der Waals surface area contributed by atoms with Gasteiger partial charge in [0, 0.05) is 36.5 Å². The van der Waals surface area contributed by atoms with E-state index < -0.39 is 11.9 Å². The van der Waals surface area contributed by atoms with Gasteiger partial charge in [-0.3, -0.25) is 4.79 Å². The Morgan fingerprint density at radius 3 is 2.56 bits per heavy atom. The lowest BCUT2D eigenvalue weighted by molar-refractivity contribution is -0.141. The maximum Gasteiger partial charge on any atom is 0.433 e. The first-order valence-corrected chi connectivity index (χ1v) is 11.8. The van der Waals surface area contributed by atoms with Gasteiger partial charge >= 0.3 is 6.18 Å². The van der Waals surface area contributed by atoms with Gasteiger partial charge in [-0.25, -0.2) is 9.97 Å². The third-order valence-corrected chi connectivity index (χ3v) is 6.25. The summed E-state index contributed by atoms with van der Waals surface area (Å²) in [6.45, 7) is 7.35. The number of hydrogen-bond donors (Lipinski definition) is 1. The molecule has 174 valence electrons. The molecule has 0 spiro atoms. The quantitative estimate of drug-likeness (QED) is 0.428. The minimum absolute atomic E-state index is 0.103. The molecule has 0 saturated carbocycles. The van der Waals surface area contributed by atoms with Crippen LogP contribution in [0.3, 0.4) is 0 Å². The number of rotatable bonds is 7. The number of hydrogen-bond acceptors (Lipinski definition) is 5. The highest BCUT2D eigenvalue weighted by Gasteiger charge is 2.35. The summed E-state index contributed by atoms with van der Waals surface area (Å²) in [5, 5.41) is 2.96. The molecule has 0 radical (unpaired) electrons. The molecule has 1 saturated heterocycles. The van der Waals surface area contributed by atoms with Crippen LogP contribution in [0.1, 0.15) is 61.6 Å². The van der Waals surface area contributed by atoms with E-state index in [1.54, 1.807) is 24.3 Å². The fourth-order valence-corrected chi connectivity index (χ4v) is 4.32. The van der Waals surface area contributed by atoms with Gasteiger partial charge in [-0.15, -0.1) is 0 Å². The van der Waals surface area contributed by atoms with Crippen molar-refractivity contribution in [3.8, 4) is 0 Å². The monoisotopic (exact) mass is 466 g/mol. The molecule has 0 aliphatic carbocycles. The summed E-state index contributed by atoms with van der Waals surface area (Å²) in [7, 11) is 0. The van der Waals surface area contributed by atoms with Crippen LogP contribution in [0, 0.1) is 5.92 Å². The fourth-order valence-electron chi connectivity index (χ4n) is 3.51. The molecule has 5 nitrogen and oxygen atoms in total. The predicted molar refractivity (Wildman–Crippen MR) is 121 cm³/mol. The van der Waals surface area contributed by atoms with Gasteiger partial charge in [-0.05, 0) is 49.8 Å². The number of thioether (sulfide) groups is 1. The third kappa shape index (κ3) is 6.60. The number of carbonyl (C=O) groups excluding carboxylic acids is 1. The lowest BCUT2D eigenvalue weighted by atomic mass is 10.0. The lowest BCUT2D eigenvalue weighted by Crippen LogP contribution is -2.38. The zero-order valence-electron chi connectivity index (χ0n) is 18.6. The summed E-state index contributed by atoms with van der Waals surface area (Å²) < 4.78 is 40.4. The van der Waals surface area contributed by atoms with Gasteiger partial charge in [0.15, 0.2) is 10.9 Å². The minimum atomic E-state index is -4.53. The van der Waals surface area contributed by atoms with Crippen LogP contribution >= 0.6 is 11.8 Å². The Morgan fingerprint density at radius 1 is 1.22 bits per heavy atom. The summed E-state index contributed by atoms with van der Waals surface area (Å²) >= 11 is 1.16. The fraction of sp³-hybridized carbons (Fsp3) is 0.522. The molecular weight excluding hydrogens is 437 g/mol. The lowest BCUT2D eigenvalue weighted by Gasteiger charge is -2.34. The zero-order chi connectivity index (χ0) is 23.3. The molecule has 1 N–H and O–H groups in total. The zero-order valence-corrected chi connectivity index (χ0v) is 19.4. The number of piperidine rings is 1. The van der Waals surface area contributed by atoms with Crippen molar-refractivity contribution in [3.63, 3.8) is 0 Å². The van der Waals surface area contributed by atoms with Crippen molar-refractivity contribution in [2.75, 3.05) is 18.0 Å². The van der Waals surface area contributed by atoms with E-state index in [9.17, 15) is 18.0 Å². The van der Waals surface area contributed by atoms with Crippen LogP contribution in [-0.4, -0.2) is 35.0 Å². The van der Waals surface area contributed by atoms with Crippen molar-refractivity contribution >= 4 is 23.5 Å². The number of alkyl halides is 3. The largest absolute Gasteiger partial charge is 0.433 e. The van der Waals surface area contributed by atoms with Gasteiger partial charge in [0.25, 0.3) is 5.91 Å². The van der Waals surface area contributed by atoms with Crippen LogP contribution in [0.15, 0.2) is 35.5 Å². The first-order valence-electron chi connectivity index (χ1n) is 10.9. The van der Waals surface area contributed by atoms with E-state index in [4.69, 9.17) is 0 Å². The maximum atomic E-state index is 13.5. The van der Waals surface area contributed by atoms with Gasteiger partial charge in [0.05, 0.1) is 0 Å². The molecule has 1 aliphatic heterocycles. The van der Waals surface area contributed by atoms with E-state index in [2.05, 4.69) is 15.3 Å². The summed E-state index contributed by atoms with van der Waals surface area (Å²) in [6, 6.07) is 8.25. The highest BCUT2D eigenvalue weighted by molar-refractivity contribution is 7.98. The number of carbonyl (C=O) groups is 1. The van der Waals surface area contributed by atoms with E-state index in [0.717, 1.165) is 42.7 Å². The predicted octanol–water partition coefficient (Wildman–Crippen LogP) is 5.55. The number of nitrogens with one attached hydrogen (secondary N) is 1. The van der Waals surface area contributed by atoms with Crippen LogP contribution < -0.4 is 10.2 Å². The molecule has 1 atom stereocenters. The molecule has 1 amide bonds. The van der Waals surface area contributed by atoms with Crippen molar-refractivity contribution < 1.29 is 18.0 Å². The Labute approximate surface area is 191 Å². The SMILES string of the molecule is CC(C)CNC(=O)c1ccc(CSc2nc(N3CCCCC3C)cc(C(F)(F)F)n2)cc1. The first-order chi connectivity index (χ1) is 15.1. The molecule has 1 aromatic heterocycles.